The van der Waals surface area contributed by atoms with Crippen LogP contribution in [0, 0.1) is 5.41 Å². The number of carbonyl (C=O) groups is 1. The quantitative estimate of drug-likeness (QED) is 0.323. The maximum atomic E-state index is 10.4. The van der Waals surface area contributed by atoms with Gasteiger partial charge in [-0.1, -0.05) is 36.4 Å². The minimum absolute atomic E-state index is 0.472. The number of allylic oxidation sites excluding steroid dienone is 2. The SMILES string of the molecule is N=C/C(C=O)=C\CCCCc1ccccc1. The van der Waals surface area contributed by atoms with Crippen LogP contribution in [0.5, 0.6) is 0 Å². The molecule has 2 heteroatoms. The van der Waals surface area contributed by atoms with Crippen molar-refractivity contribution in [3.8, 4) is 0 Å². The van der Waals surface area contributed by atoms with Gasteiger partial charge in [-0.3, -0.25) is 4.79 Å². The molecule has 1 rings (SSSR count). The number of unbranched alkanes of at least 4 members (excludes halogenated alkanes) is 2. The van der Waals surface area contributed by atoms with E-state index in [9.17, 15) is 4.79 Å². The van der Waals surface area contributed by atoms with Gasteiger partial charge in [0.05, 0.1) is 0 Å². The summed E-state index contributed by atoms with van der Waals surface area (Å²) < 4.78 is 0. The molecule has 0 unspecified atom stereocenters. The summed E-state index contributed by atoms with van der Waals surface area (Å²) in [5.74, 6) is 0. The molecule has 0 fully saturated rings. The van der Waals surface area contributed by atoms with Gasteiger partial charge in [0, 0.05) is 11.8 Å². The summed E-state index contributed by atoms with van der Waals surface area (Å²) in [5, 5.41) is 6.95. The Labute approximate surface area is 96.5 Å². The van der Waals surface area contributed by atoms with Crippen LogP contribution in [0.25, 0.3) is 0 Å². The van der Waals surface area contributed by atoms with Crippen molar-refractivity contribution in [2.75, 3.05) is 0 Å². The lowest BCUT2D eigenvalue weighted by atomic mass is 10.1. The molecular formula is C14H17NO. The highest BCUT2D eigenvalue weighted by atomic mass is 16.1. The monoisotopic (exact) mass is 215 g/mol. The van der Waals surface area contributed by atoms with E-state index in [1.54, 1.807) is 0 Å². The molecule has 0 radical (unpaired) electrons. The molecule has 0 atom stereocenters. The first-order valence-electron chi connectivity index (χ1n) is 5.56. The summed E-state index contributed by atoms with van der Waals surface area (Å²) >= 11 is 0. The maximum Gasteiger partial charge on any atom is 0.151 e. The van der Waals surface area contributed by atoms with Crippen LogP contribution in [-0.4, -0.2) is 12.5 Å². The Balaban J connectivity index is 2.20. The summed E-state index contributed by atoms with van der Waals surface area (Å²) in [6, 6.07) is 10.4. The van der Waals surface area contributed by atoms with Gasteiger partial charge in [-0.05, 0) is 31.2 Å². The smallest absolute Gasteiger partial charge is 0.151 e. The Morgan fingerprint density at radius 1 is 1.19 bits per heavy atom. The number of nitrogens with one attached hydrogen (secondary N) is 1. The van der Waals surface area contributed by atoms with E-state index in [-0.39, 0.29) is 0 Å². The van der Waals surface area contributed by atoms with Crippen LogP contribution in [-0.2, 0) is 11.2 Å². The fourth-order valence-electron chi connectivity index (χ4n) is 1.53. The molecule has 0 saturated carbocycles. The topological polar surface area (TPSA) is 40.9 Å². The lowest BCUT2D eigenvalue weighted by molar-refractivity contribution is -0.104. The van der Waals surface area contributed by atoms with Crippen molar-refractivity contribution < 1.29 is 4.79 Å². The van der Waals surface area contributed by atoms with Crippen LogP contribution in [0.4, 0.5) is 0 Å². The zero-order chi connectivity index (χ0) is 11.6. The molecule has 0 bridgehead atoms. The number of aryl methyl sites for hydroxylation is 1. The van der Waals surface area contributed by atoms with Crippen molar-refractivity contribution in [3.63, 3.8) is 0 Å². The second kappa shape index (κ2) is 7.57. The molecule has 1 aromatic rings. The molecule has 0 saturated heterocycles. The normalized spacial score (nSPS) is 11.1. The summed E-state index contributed by atoms with van der Waals surface area (Å²) in [4.78, 5) is 10.4. The minimum Gasteiger partial charge on any atom is -0.308 e. The summed E-state index contributed by atoms with van der Waals surface area (Å²) in [7, 11) is 0. The molecule has 2 nitrogen and oxygen atoms in total. The van der Waals surface area contributed by atoms with Gasteiger partial charge in [-0.25, -0.2) is 0 Å². The van der Waals surface area contributed by atoms with Crippen LogP contribution >= 0.6 is 0 Å². The summed E-state index contributed by atoms with van der Waals surface area (Å²) in [6.07, 6.45) is 7.77. The Morgan fingerprint density at radius 3 is 2.56 bits per heavy atom. The minimum atomic E-state index is 0.472. The molecule has 0 aliphatic rings. The van der Waals surface area contributed by atoms with E-state index in [4.69, 9.17) is 5.41 Å². The van der Waals surface area contributed by atoms with E-state index in [2.05, 4.69) is 24.3 Å². The van der Waals surface area contributed by atoms with E-state index in [0.29, 0.717) is 5.57 Å². The van der Waals surface area contributed by atoms with Gasteiger partial charge in [-0.2, -0.15) is 0 Å². The highest BCUT2D eigenvalue weighted by Crippen LogP contribution is 2.06. The standard InChI is InChI=1S/C14H17NO/c15-11-14(12-16)10-6-2-5-9-13-7-3-1-4-8-13/h1,3-4,7-8,10-12,15H,2,5-6,9H2/b14-10+,15-11?. The lowest BCUT2D eigenvalue weighted by Crippen LogP contribution is -1.87. The molecule has 0 aromatic heterocycles. The lowest BCUT2D eigenvalue weighted by Gasteiger charge is -1.99. The van der Waals surface area contributed by atoms with Crippen LogP contribution in [0.2, 0.25) is 0 Å². The third-order valence-corrected chi connectivity index (χ3v) is 2.45. The number of hydrogen-bond acceptors (Lipinski definition) is 2. The fraction of sp³-hybridized carbons (Fsp3) is 0.286. The summed E-state index contributed by atoms with van der Waals surface area (Å²) in [5.41, 5.74) is 1.83. The zero-order valence-corrected chi connectivity index (χ0v) is 9.36. The molecule has 1 aromatic carbocycles. The van der Waals surface area contributed by atoms with Crippen LogP contribution in [0.3, 0.4) is 0 Å². The van der Waals surface area contributed by atoms with Crippen molar-refractivity contribution in [1.29, 1.82) is 5.41 Å². The Hall–Kier alpha value is -1.70. The van der Waals surface area contributed by atoms with Crippen molar-refractivity contribution in [2.24, 2.45) is 0 Å². The number of carbonyl (C=O) groups excluding carboxylic acids is 1. The number of hydrogen-bond donors (Lipinski definition) is 1. The van der Waals surface area contributed by atoms with Gasteiger partial charge in [-0.15, -0.1) is 0 Å². The van der Waals surface area contributed by atoms with Crippen molar-refractivity contribution in [1.82, 2.24) is 0 Å². The van der Waals surface area contributed by atoms with Crippen molar-refractivity contribution in [2.45, 2.75) is 25.7 Å². The van der Waals surface area contributed by atoms with Gasteiger partial charge < -0.3 is 5.41 Å². The van der Waals surface area contributed by atoms with Crippen LogP contribution < -0.4 is 0 Å². The zero-order valence-electron chi connectivity index (χ0n) is 9.36. The second-order valence-electron chi connectivity index (χ2n) is 3.70. The van der Waals surface area contributed by atoms with E-state index >= 15 is 0 Å². The van der Waals surface area contributed by atoms with Crippen molar-refractivity contribution in [3.05, 3.63) is 47.5 Å². The molecular weight excluding hydrogens is 198 g/mol. The average molecular weight is 215 g/mol. The van der Waals surface area contributed by atoms with Crippen molar-refractivity contribution >= 4 is 12.5 Å². The molecule has 0 heterocycles. The Morgan fingerprint density at radius 2 is 1.94 bits per heavy atom. The third kappa shape index (κ3) is 4.69. The number of benzene rings is 1. The first-order chi connectivity index (χ1) is 7.86. The first-order valence-corrected chi connectivity index (χ1v) is 5.56. The first kappa shape index (κ1) is 12.4. The van der Waals surface area contributed by atoms with Gasteiger partial charge >= 0.3 is 0 Å². The summed E-state index contributed by atoms with van der Waals surface area (Å²) in [6.45, 7) is 0. The maximum absolute atomic E-state index is 10.4. The number of aldehydes is 1. The molecule has 0 aliphatic carbocycles. The molecule has 0 amide bonds. The largest absolute Gasteiger partial charge is 0.308 e. The molecule has 0 spiro atoms. The van der Waals surface area contributed by atoms with E-state index in [1.165, 1.54) is 5.56 Å². The van der Waals surface area contributed by atoms with Crippen LogP contribution in [0.1, 0.15) is 24.8 Å². The highest BCUT2D eigenvalue weighted by Gasteiger charge is 1.92. The predicted octanol–water partition coefficient (Wildman–Crippen LogP) is 3.17. The second-order valence-corrected chi connectivity index (χ2v) is 3.70. The molecule has 16 heavy (non-hydrogen) atoms. The Kier molecular flexibility index (Phi) is 5.86. The van der Waals surface area contributed by atoms with Gasteiger partial charge in [0.1, 0.15) is 0 Å². The fourth-order valence-corrected chi connectivity index (χ4v) is 1.53. The average Bonchev–Trinajstić information content (AvgIpc) is 2.35. The highest BCUT2D eigenvalue weighted by molar-refractivity contribution is 6.00. The van der Waals surface area contributed by atoms with Gasteiger partial charge in [0.15, 0.2) is 6.29 Å². The van der Waals surface area contributed by atoms with Gasteiger partial charge in [0.2, 0.25) is 0 Å². The third-order valence-electron chi connectivity index (χ3n) is 2.45. The van der Waals surface area contributed by atoms with E-state index < -0.39 is 0 Å². The number of rotatable bonds is 7. The predicted molar refractivity (Wildman–Crippen MR) is 66.9 cm³/mol. The van der Waals surface area contributed by atoms with E-state index in [0.717, 1.165) is 38.2 Å². The Bertz CT molecular complexity index is 344. The van der Waals surface area contributed by atoms with Crippen LogP contribution in [0.15, 0.2) is 42.0 Å². The molecule has 0 aliphatic heterocycles. The molecule has 84 valence electrons. The van der Waals surface area contributed by atoms with E-state index in [1.807, 2.05) is 12.1 Å². The van der Waals surface area contributed by atoms with Gasteiger partial charge in [0.25, 0.3) is 0 Å². The molecule has 1 N–H and O–H groups in total.